The number of piperazine rings is 1. The van der Waals surface area contributed by atoms with Crippen molar-refractivity contribution >= 4 is 23.7 Å². The van der Waals surface area contributed by atoms with Gasteiger partial charge in [0, 0.05) is 44.1 Å². The van der Waals surface area contributed by atoms with Crippen molar-refractivity contribution in [2.75, 3.05) is 31.5 Å². The van der Waals surface area contributed by atoms with Crippen molar-refractivity contribution in [3.05, 3.63) is 53.9 Å². The molecule has 1 saturated heterocycles. The molecule has 1 aromatic heterocycles. The number of carbonyl (C=O) groups excluding carboxylic acids is 2. The standard InChI is InChI=1S/C17H16F2N4O2/c18-15-2-1-13(8-16(15)19)21-14-7-12(9-20-10-14)17(25)23-5-3-22(11-24)4-6-23/h1-2,7-11,21H,3-6H2. The second-order valence-corrected chi connectivity index (χ2v) is 5.65. The Morgan fingerprint density at radius 2 is 1.80 bits per heavy atom. The summed E-state index contributed by atoms with van der Waals surface area (Å²) in [4.78, 5) is 30.6. The Kier molecular flexibility index (Phi) is 4.87. The number of nitrogens with zero attached hydrogens (tertiary/aromatic N) is 3. The second kappa shape index (κ2) is 7.25. The second-order valence-electron chi connectivity index (χ2n) is 5.65. The predicted molar refractivity (Wildman–Crippen MR) is 87.4 cm³/mol. The van der Waals surface area contributed by atoms with E-state index < -0.39 is 11.6 Å². The van der Waals surface area contributed by atoms with Gasteiger partial charge in [0.05, 0.1) is 17.4 Å². The van der Waals surface area contributed by atoms with E-state index in [4.69, 9.17) is 0 Å². The van der Waals surface area contributed by atoms with Crippen molar-refractivity contribution < 1.29 is 18.4 Å². The Bertz CT molecular complexity index is 792. The van der Waals surface area contributed by atoms with Gasteiger partial charge in [0.2, 0.25) is 6.41 Å². The maximum absolute atomic E-state index is 13.3. The maximum atomic E-state index is 13.3. The lowest BCUT2D eigenvalue weighted by Gasteiger charge is -2.32. The Morgan fingerprint density at radius 1 is 1.04 bits per heavy atom. The lowest BCUT2D eigenvalue weighted by atomic mass is 10.2. The third kappa shape index (κ3) is 3.90. The summed E-state index contributed by atoms with van der Waals surface area (Å²) >= 11 is 0. The Hall–Kier alpha value is -3.03. The number of hydrogen-bond donors (Lipinski definition) is 1. The van der Waals surface area contributed by atoms with E-state index in [2.05, 4.69) is 10.3 Å². The lowest BCUT2D eigenvalue weighted by molar-refractivity contribution is -0.119. The number of carbonyl (C=O) groups is 2. The summed E-state index contributed by atoms with van der Waals surface area (Å²) in [5.41, 5.74) is 1.22. The van der Waals surface area contributed by atoms with E-state index in [9.17, 15) is 18.4 Å². The molecule has 2 heterocycles. The third-order valence-electron chi connectivity index (χ3n) is 3.94. The zero-order valence-electron chi connectivity index (χ0n) is 13.3. The molecule has 1 aliphatic heterocycles. The highest BCUT2D eigenvalue weighted by molar-refractivity contribution is 5.95. The molecule has 0 radical (unpaired) electrons. The van der Waals surface area contributed by atoms with Crippen molar-refractivity contribution in [2.24, 2.45) is 0 Å². The van der Waals surface area contributed by atoms with E-state index in [-0.39, 0.29) is 5.91 Å². The fraction of sp³-hybridized carbons (Fsp3) is 0.235. The number of hydrogen-bond acceptors (Lipinski definition) is 4. The highest BCUT2D eigenvalue weighted by atomic mass is 19.2. The van der Waals surface area contributed by atoms with Gasteiger partial charge >= 0.3 is 0 Å². The Labute approximate surface area is 143 Å². The van der Waals surface area contributed by atoms with Gasteiger partial charge in [0.1, 0.15) is 0 Å². The molecule has 130 valence electrons. The van der Waals surface area contributed by atoms with Gasteiger partial charge in [-0.1, -0.05) is 0 Å². The molecule has 1 aliphatic rings. The van der Waals surface area contributed by atoms with Crippen molar-refractivity contribution in [1.29, 1.82) is 0 Å². The fourth-order valence-electron chi connectivity index (χ4n) is 2.58. The van der Waals surface area contributed by atoms with Gasteiger partial charge in [-0.15, -0.1) is 0 Å². The van der Waals surface area contributed by atoms with Crippen LogP contribution < -0.4 is 5.32 Å². The molecule has 1 fully saturated rings. The minimum absolute atomic E-state index is 0.188. The van der Waals surface area contributed by atoms with E-state index >= 15 is 0 Å². The highest BCUT2D eigenvalue weighted by Crippen LogP contribution is 2.20. The van der Waals surface area contributed by atoms with Crippen molar-refractivity contribution in [3.8, 4) is 0 Å². The number of amides is 2. The number of anilines is 2. The van der Waals surface area contributed by atoms with Crippen LogP contribution in [0.1, 0.15) is 10.4 Å². The zero-order valence-corrected chi connectivity index (χ0v) is 13.3. The van der Waals surface area contributed by atoms with Gasteiger partial charge < -0.3 is 15.1 Å². The summed E-state index contributed by atoms with van der Waals surface area (Å²) < 4.78 is 26.2. The quantitative estimate of drug-likeness (QED) is 0.860. The number of benzene rings is 1. The van der Waals surface area contributed by atoms with Crippen LogP contribution in [0.2, 0.25) is 0 Å². The average Bonchev–Trinajstić information content (AvgIpc) is 2.64. The molecule has 8 heteroatoms. The molecular formula is C17H16F2N4O2. The number of rotatable bonds is 4. The Morgan fingerprint density at radius 3 is 2.48 bits per heavy atom. The monoisotopic (exact) mass is 346 g/mol. The lowest BCUT2D eigenvalue weighted by Crippen LogP contribution is -2.48. The topological polar surface area (TPSA) is 65.5 Å². The van der Waals surface area contributed by atoms with Crippen LogP contribution in [0.5, 0.6) is 0 Å². The van der Waals surface area contributed by atoms with Gasteiger partial charge in [-0.3, -0.25) is 14.6 Å². The SMILES string of the molecule is O=CN1CCN(C(=O)c2cncc(Nc3ccc(F)c(F)c3)c2)CC1. The predicted octanol–water partition coefficient (Wildman–Crippen LogP) is 2.02. The molecule has 0 atom stereocenters. The molecule has 0 spiro atoms. The number of aromatic nitrogens is 1. The Balaban J connectivity index is 1.71. The molecule has 25 heavy (non-hydrogen) atoms. The van der Waals surface area contributed by atoms with Crippen LogP contribution in [-0.2, 0) is 4.79 Å². The first-order chi connectivity index (χ1) is 12.1. The number of halogens is 2. The van der Waals surface area contributed by atoms with Crippen LogP contribution in [0.25, 0.3) is 0 Å². The molecule has 2 aromatic rings. The minimum Gasteiger partial charge on any atom is -0.354 e. The molecular weight excluding hydrogens is 330 g/mol. The van der Waals surface area contributed by atoms with E-state index in [1.165, 1.54) is 18.5 Å². The van der Waals surface area contributed by atoms with Gasteiger partial charge in [-0.2, -0.15) is 0 Å². The normalized spacial score (nSPS) is 14.3. The van der Waals surface area contributed by atoms with Crippen LogP contribution in [-0.4, -0.2) is 53.3 Å². The molecule has 0 bridgehead atoms. The largest absolute Gasteiger partial charge is 0.354 e. The van der Waals surface area contributed by atoms with Crippen molar-refractivity contribution in [1.82, 2.24) is 14.8 Å². The van der Waals surface area contributed by atoms with Crippen LogP contribution in [0, 0.1) is 11.6 Å². The highest BCUT2D eigenvalue weighted by Gasteiger charge is 2.21. The van der Waals surface area contributed by atoms with Crippen LogP contribution in [0.15, 0.2) is 36.7 Å². The molecule has 3 rings (SSSR count). The number of nitrogens with one attached hydrogen (secondary N) is 1. The third-order valence-corrected chi connectivity index (χ3v) is 3.94. The van der Waals surface area contributed by atoms with Gasteiger partial charge in [-0.25, -0.2) is 8.78 Å². The van der Waals surface area contributed by atoms with Gasteiger partial charge in [0.25, 0.3) is 5.91 Å². The first-order valence-corrected chi connectivity index (χ1v) is 7.72. The van der Waals surface area contributed by atoms with E-state index in [0.717, 1.165) is 18.5 Å². The smallest absolute Gasteiger partial charge is 0.255 e. The first-order valence-electron chi connectivity index (χ1n) is 7.72. The molecule has 1 aromatic carbocycles. The summed E-state index contributed by atoms with van der Waals surface area (Å²) in [6, 6.07) is 5.04. The molecule has 0 unspecified atom stereocenters. The van der Waals surface area contributed by atoms with Gasteiger partial charge in [-0.05, 0) is 18.2 Å². The van der Waals surface area contributed by atoms with Crippen molar-refractivity contribution in [2.45, 2.75) is 0 Å². The molecule has 0 saturated carbocycles. The first kappa shape index (κ1) is 16.8. The average molecular weight is 346 g/mol. The van der Waals surface area contributed by atoms with Crippen LogP contribution in [0.4, 0.5) is 20.2 Å². The molecule has 1 N–H and O–H groups in total. The number of pyridine rings is 1. The molecule has 6 nitrogen and oxygen atoms in total. The maximum Gasteiger partial charge on any atom is 0.255 e. The summed E-state index contributed by atoms with van der Waals surface area (Å²) in [6.07, 6.45) is 3.71. The van der Waals surface area contributed by atoms with Gasteiger partial charge in [0.15, 0.2) is 11.6 Å². The van der Waals surface area contributed by atoms with E-state index in [1.54, 1.807) is 15.9 Å². The molecule has 2 amide bonds. The minimum atomic E-state index is -0.960. The summed E-state index contributed by atoms with van der Waals surface area (Å²) in [6.45, 7) is 1.90. The van der Waals surface area contributed by atoms with Crippen molar-refractivity contribution in [3.63, 3.8) is 0 Å². The fourth-order valence-corrected chi connectivity index (χ4v) is 2.58. The van der Waals surface area contributed by atoms with Crippen LogP contribution in [0.3, 0.4) is 0 Å². The van der Waals surface area contributed by atoms with Crippen LogP contribution >= 0.6 is 0 Å². The summed E-state index contributed by atoms with van der Waals surface area (Å²) in [7, 11) is 0. The molecule has 0 aliphatic carbocycles. The van der Waals surface area contributed by atoms with E-state index in [1.807, 2.05) is 0 Å². The zero-order chi connectivity index (χ0) is 17.8. The summed E-state index contributed by atoms with van der Waals surface area (Å²) in [5, 5.41) is 2.89. The summed E-state index contributed by atoms with van der Waals surface area (Å²) in [5.74, 6) is -2.08. The van der Waals surface area contributed by atoms with E-state index in [0.29, 0.717) is 43.1 Å².